The van der Waals surface area contributed by atoms with Crippen LogP contribution in [-0.2, 0) is 0 Å². The Hall–Kier alpha value is -1.97. The topological polar surface area (TPSA) is 64.7 Å². The van der Waals surface area contributed by atoms with Crippen molar-refractivity contribution in [1.29, 1.82) is 0 Å². The second-order valence-electron chi connectivity index (χ2n) is 4.79. The zero-order chi connectivity index (χ0) is 13.3. The average Bonchev–Trinajstić information content (AvgIpc) is 2.33. The first-order valence-electron chi connectivity index (χ1n) is 6.05. The molecule has 2 aromatic rings. The number of hydrogen-bond acceptors (Lipinski definition) is 4. The van der Waals surface area contributed by atoms with Crippen molar-refractivity contribution >= 4 is 5.82 Å². The summed E-state index contributed by atoms with van der Waals surface area (Å²) in [7, 11) is 0. The molecule has 0 aliphatic rings. The van der Waals surface area contributed by atoms with Gasteiger partial charge < -0.3 is 5.73 Å². The number of nitrogens with two attached hydrogens (primary N) is 1. The second kappa shape index (κ2) is 4.72. The van der Waals surface area contributed by atoms with Crippen molar-refractivity contribution in [1.82, 2.24) is 15.0 Å². The van der Waals surface area contributed by atoms with Crippen molar-refractivity contribution in [2.24, 2.45) is 0 Å². The standard InChI is InChI=1S/C14H18N4/c1-8(2)14-17-12(10(4)13(15)18-14)11-7-16-6-5-9(11)3/h5-8H,1-4H3,(H2,15,17,18). The van der Waals surface area contributed by atoms with E-state index in [1.54, 1.807) is 6.20 Å². The molecule has 0 radical (unpaired) electrons. The van der Waals surface area contributed by atoms with Crippen molar-refractivity contribution in [3.8, 4) is 11.3 Å². The van der Waals surface area contributed by atoms with Crippen LogP contribution in [0.1, 0.15) is 36.7 Å². The number of nitrogen functional groups attached to an aromatic ring is 1. The number of pyridine rings is 1. The second-order valence-corrected chi connectivity index (χ2v) is 4.79. The molecule has 2 aromatic heterocycles. The molecule has 18 heavy (non-hydrogen) atoms. The first-order chi connectivity index (χ1) is 8.50. The minimum Gasteiger partial charge on any atom is -0.383 e. The van der Waals surface area contributed by atoms with Gasteiger partial charge in [0.15, 0.2) is 0 Å². The van der Waals surface area contributed by atoms with Crippen molar-refractivity contribution in [3.05, 3.63) is 35.4 Å². The SMILES string of the molecule is Cc1ccncc1-c1nc(C(C)C)nc(N)c1C. The van der Waals surface area contributed by atoms with Gasteiger partial charge in [-0.2, -0.15) is 0 Å². The molecule has 0 unspecified atom stereocenters. The summed E-state index contributed by atoms with van der Waals surface area (Å²) in [6, 6.07) is 1.97. The predicted octanol–water partition coefficient (Wildman–Crippen LogP) is 2.86. The van der Waals surface area contributed by atoms with E-state index in [9.17, 15) is 0 Å². The molecule has 0 atom stereocenters. The quantitative estimate of drug-likeness (QED) is 0.879. The molecule has 2 heterocycles. The fraction of sp³-hybridized carbons (Fsp3) is 0.357. The molecule has 0 saturated heterocycles. The van der Waals surface area contributed by atoms with Gasteiger partial charge in [0.25, 0.3) is 0 Å². The molecule has 0 fully saturated rings. The number of nitrogens with zero attached hydrogens (tertiary/aromatic N) is 3. The Balaban J connectivity index is 2.67. The third-order valence-electron chi connectivity index (χ3n) is 3.01. The average molecular weight is 242 g/mol. The smallest absolute Gasteiger partial charge is 0.133 e. The van der Waals surface area contributed by atoms with E-state index in [4.69, 9.17) is 5.73 Å². The van der Waals surface area contributed by atoms with E-state index >= 15 is 0 Å². The minimum atomic E-state index is 0.253. The maximum Gasteiger partial charge on any atom is 0.133 e. The van der Waals surface area contributed by atoms with Gasteiger partial charge in [0.1, 0.15) is 11.6 Å². The molecule has 0 spiro atoms. The molecule has 94 valence electrons. The van der Waals surface area contributed by atoms with Crippen molar-refractivity contribution in [3.63, 3.8) is 0 Å². The van der Waals surface area contributed by atoms with Gasteiger partial charge in [-0.3, -0.25) is 4.98 Å². The summed E-state index contributed by atoms with van der Waals surface area (Å²) in [4.78, 5) is 13.1. The Labute approximate surface area is 107 Å². The van der Waals surface area contributed by atoms with Gasteiger partial charge in [0.05, 0.1) is 5.69 Å². The fourth-order valence-corrected chi connectivity index (χ4v) is 1.78. The van der Waals surface area contributed by atoms with Gasteiger partial charge in [-0.25, -0.2) is 9.97 Å². The van der Waals surface area contributed by atoms with Crippen molar-refractivity contribution in [2.75, 3.05) is 5.73 Å². The molecular weight excluding hydrogens is 224 g/mol. The lowest BCUT2D eigenvalue weighted by atomic mass is 10.0. The van der Waals surface area contributed by atoms with Gasteiger partial charge in [0, 0.05) is 29.4 Å². The Bertz CT molecular complexity index is 576. The fourth-order valence-electron chi connectivity index (χ4n) is 1.78. The lowest BCUT2D eigenvalue weighted by Gasteiger charge is -2.13. The van der Waals surface area contributed by atoms with E-state index in [1.165, 1.54) is 0 Å². The molecule has 4 nitrogen and oxygen atoms in total. The van der Waals surface area contributed by atoms with E-state index in [0.717, 1.165) is 28.2 Å². The Morgan fingerprint density at radius 3 is 2.50 bits per heavy atom. The Morgan fingerprint density at radius 2 is 1.89 bits per heavy atom. The summed E-state index contributed by atoms with van der Waals surface area (Å²) >= 11 is 0. The lowest BCUT2D eigenvalue weighted by molar-refractivity contribution is 0.776. The highest BCUT2D eigenvalue weighted by Gasteiger charge is 2.14. The summed E-state index contributed by atoms with van der Waals surface area (Å²) < 4.78 is 0. The largest absolute Gasteiger partial charge is 0.383 e. The van der Waals surface area contributed by atoms with E-state index in [-0.39, 0.29) is 5.92 Å². The molecule has 0 bridgehead atoms. The summed E-state index contributed by atoms with van der Waals surface area (Å²) in [5.74, 6) is 1.58. The Kier molecular flexibility index (Phi) is 3.28. The highest BCUT2D eigenvalue weighted by molar-refractivity contribution is 5.69. The maximum absolute atomic E-state index is 5.98. The van der Waals surface area contributed by atoms with Gasteiger partial charge in [0.2, 0.25) is 0 Å². The molecule has 0 amide bonds. The summed E-state index contributed by atoms with van der Waals surface area (Å²) in [6.45, 7) is 8.11. The molecule has 4 heteroatoms. The molecule has 0 aromatic carbocycles. The predicted molar refractivity (Wildman–Crippen MR) is 73.2 cm³/mol. The first kappa shape index (κ1) is 12.5. The van der Waals surface area contributed by atoms with Gasteiger partial charge >= 0.3 is 0 Å². The van der Waals surface area contributed by atoms with Crippen LogP contribution in [0.5, 0.6) is 0 Å². The van der Waals surface area contributed by atoms with Crippen LogP contribution in [0, 0.1) is 13.8 Å². The third-order valence-corrected chi connectivity index (χ3v) is 3.01. The molecule has 0 saturated carbocycles. The van der Waals surface area contributed by atoms with Gasteiger partial charge in [-0.05, 0) is 25.5 Å². The highest BCUT2D eigenvalue weighted by Crippen LogP contribution is 2.27. The molecular formula is C14H18N4. The van der Waals surface area contributed by atoms with Crippen LogP contribution in [0.4, 0.5) is 5.82 Å². The zero-order valence-electron chi connectivity index (χ0n) is 11.2. The number of aryl methyl sites for hydroxylation is 1. The van der Waals surface area contributed by atoms with E-state index < -0.39 is 0 Å². The first-order valence-corrected chi connectivity index (χ1v) is 6.05. The molecule has 0 aliphatic heterocycles. The number of anilines is 1. The summed E-state index contributed by atoms with van der Waals surface area (Å²) in [5.41, 5.74) is 9.93. The van der Waals surface area contributed by atoms with Crippen LogP contribution >= 0.6 is 0 Å². The highest BCUT2D eigenvalue weighted by atomic mass is 15.0. The monoisotopic (exact) mass is 242 g/mol. The van der Waals surface area contributed by atoms with Crippen LogP contribution < -0.4 is 5.73 Å². The molecule has 2 N–H and O–H groups in total. The molecule has 2 rings (SSSR count). The number of rotatable bonds is 2. The Morgan fingerprint density at radius 1 is 1.17 bits per heavy atom. The van der Waals surface area contributed by atoms with Crippen molar-refractivity contribution < 1.29 is 0 Å². The number of hydrogen-bond donors (Lipinski definition) is 1. The van der Waals surface area contributed by atoms with E-state index in [2.05, 4.69) is 28.8 Å². The van der Waals surface area contributed by atoms with E-state index in [0.29, 0.717) is 5.82 Å². The molecule has 0 aliphatic carbocycles. The van der Waals surface area contributed by atoms with E-state index in [1.807, 2.05) is 26.1 Å². The maximum atomic E-state index is 5.98. The summed E-state index contributed by atoms with van der Waals surface area (Å²) in [5, 5.41) is 0. The van der Waals surface area contributed by atoms with Crippen LogP contribution in [0.3, 0.4) is 0 Å². The number of aromatic nitrogens is 3. The van der Waals surface area contributed by atoms with Crippen LogP contribution in [-0.4, -0.2) is 15.0 Å². The van der Waals surface area contributed by atoms with Crippen LogP contribution in [0.25, 0.3) is 11.3 Å². The minimum absolute atomic E-state index is 0.253. The van der Waals surface area contributed by atoms with Gasteiger partial charge in [-0.1, -0.05) is 13.8 Å². The van der Waals surface area contributed by atoms with Crippen LogP contribution in [0.15, 0.2) is 18.5 Å². The summed E-state index contributed by atoms with van der Waals surface area (Å²) in [6.07, 6.45) is 3.61. The van der Waals surface area contributed by atoms with Crippen LogP contribution in [0.2, 0.25) is 0 Å². The third kappa shape index (κ3) is 2.18. The normalized spacial score (nSPS) is 10.9. The zero-order valence-corrected chi connectivity index (χ0v) is 11.2. The van der Waals surface area contributed by atoms with Gasteiger partial charge in [-0.15, -0.1) is 0 Å². The lowest BCUT2D eigenvalue weighted by Crippen LogP contribution is -2.06. The van der Waals surface area contributed by atoms with Crippen molar-refractivity contribution in [2.45, 2.75) is 33.6 Å².